The van der Waals surface area contributed by atoms with Crippen molar-refractivity contribution in [1.29, 1.82) is 0 Å². The molecule has 2 aromatic rings. The van der Waals surface area contributed by atoms with Gasteiger partial charge in [0.1, 0.15) is 5.75 Å². The molecule has 0 spiro atoms. The Morgan fingerprint density at radius 3 is 2.76 bits per heavy atom. The minimum atomic E-state index is -0.126. The quantitative estimate of drug-likeness (QED) is 0.853. The summed E-state index contributed by atoms with van der Waals surface area (Å²) in [4.78, 5) is 11.7. The van der Waals surface area contributed by atoms with Gasteiger partial charge in [-0.25, -0.2) is 0 Å². The zero-order valence-corrected chi connectivity index (χ0v) is 11.9. The van der Waals surface area contributed by atoms with Crippen LogP contribution in [0, 0.1) is 5.92 Å². The van der Waals surface area contributed by atoms with Crippen molar-refractivity contribution in [1.82, 2.24) is 5.32 Å². The van der Waals surface area contributed by atoms with E-state index in [2.05, 4.69) is 5.32 Å². The normalized spacial score (nSPS) is 15.7. The second-order valence-electron chi connectivity index (χ2n) is 5.60. The largest absolute Gasteiger partial charge is 0.484 e. The third-order valence-electron chi connectivity index (χ3n) is 3.85. The highest BCUT2D eigenvalue weighted by atomic mass is 16.5. The number of carbonyl (C=O) groups is 1. The van der Waals surface area contributed by atoms with E-state index in [4.69, 9.17) is 10.5 Å². The Hall–Kier alpha value is -2.07. The molecule has 1 aliphatic carbocycles. The van der Waals surface area contributed by atoms with Crippen molar-refractivity contribution < 1.29 is 9.53 Å². The standard InChI is InChI=1S/C17H20N2O2/c18-16(13-5-6-13)10-19-17(20)11-21-15-8-7-12-3-1-2-4-14(12)9-15/h1-4,7-9,13,16H,5-6,10-11,18H2,(H,19,20). The molecule has 3 N–H and O–H groups in total. The Kier molecular flexibility index (Phi) is 4.06. The number of carbonyl (C=O) groups excluding carboxylic acids is 1. The average molecular weight is 284 g/mol. The van der Waals surface area contributed by atoms with Crippen molar-refractivity contribution >= 4 is 16.7 Å². The molecular formula is C17H20N2O2. The van der Waals surface area contributed by atoms with Crippen LogP contribution in [-0.2, 0) is 4.79 Å². The SMILES string of the molecule is NC(CNC(=O)COc1ccc2ccccc2c1)C1CC1. The fourth-order valence-corrected chi connectivity index (χ4v) is 2.38. The summed E-state index contributed by atoms with van der Waals surface area (Å²) in [5.74, 6) is 1.17. The van der Waals surface area contributed by atoms with Crippen molar-refractivity contribution in [2.75, 3.05) is 13.2 Å². The molecule has 2 aromatic carbocycles. The molecule has 1 saturated carbocycles. The number of rotatable bonds is 6. The molecule has 1 amide bonds. The Morgan fingerprint density at radius 1 is 1.24 bits per heavy atom. The van der Waals surface area contributed by atoms with Gasteiger partial charge in [0, 0.05) is 12.6 Å². The van der Waals surface area contributed by atoms with Crippen LogP contribution in [0.4, 0.5) is 0 Å². The van der Waals surface area contributed by atoms with Crippen LogP contribution in [0.15, 0.2) is 42.5 Å². The number of ether oxygens (including phenoxy) is 1. The van der Waals surface area contributed by atoms with E-state index in [1.807, 2.05) is 42.5 Å². The molecule has 0 radical (unpaired) electrons. The Labute approximate surface area is 124 Å². The molecule has 110 valence electrons. The van der Waals surface area contributed by atoms with Gasteiger partial charge in [-0.3, -0.25) is 4.79 Å². The summed E-state index contributed by atoms with van der Waals surface area (Å²) in [5, 5.41) is 5.08. The monoisotopic (exact) mass is 284 g/mol. The van der Waals surface area contributed by atoms with Crippen molar-refractivity contribution in [3.8, 4) is 5.75 Å². The second-order valence-corrected chi connectivity index (χ2v) is 5.60. The molecule has 0 aliphatic heterocycles. The van der Waals surface area contributed by atoms with Gasteiger partial charge in [0.15, 0.2) is 6.61 Å². The highest BCUT2D eigenvalue weighted by Gasteiger charge is 2.28. The summed E-state index contributed by atoms with van der Waals surface area (Å²) in [7, 11) is 0. The van der Waals surface area contributed by atoms with E-state index in [1.54, 1.807) is 0 Å². The van der Waals surface area contributed by atoms with Crippen molar-refractivity contribution in [3.63, 3.8) is 0 Å². The lowest BCUT2D eigenvalue weighted by atomic mass is 10.1. The number of nitrogens with two attached hydrogens (primary N) is 1. The molecule has 1 aliphatic rings. The first-order valence-electron chi connectivity index (χ1n) is 7.36. The summed E-state index contributed by atoms with van der Waals surface area (Å²) in [6.07, 6.45) is 2.37. The second kappa shape index (κ2) is 6.14. The van der Waals surface area contributed by atoms with Crippen LogP contribution in [-0.4, -0.2) is 25.1 Å². The van der Waals surface area contributed by atoms with Gasteiger partial charge in [-0.1, -0.05) is 30.3 Å². The van der Waals surface area contributed by atoms with Gasteiger partial charge in [-0.2, -0.15) is 0 Å². The lowest BCUT2D eigenvalue weighted by Crippen LogP contribution is -2.40. The third kappa shape index (κ3) is 3.73. The molecule has 0 aromatic heterocycles. The Balaban J connectivity index is 1.49. The minimum Gasteiger partial charge on any atom is -0.484 e. The topological polar surface area (TPSA) is 64.3 Å². The Bertz CT molecular complexity index is 637. The molecule has 0 heterocycles. The molecule has 0 bridgehead atoms. The van der Waals surface area contributed by atoms with Crippen molar-refractivity contribution in [2.24, 2.45) is 11.7 Å². The molecule has 1 fully saturated rings. The highest BCUT2D eigenvalue weighted by molar-refractivity contribution is 5.84. The minimum absolute atomic E-state index is 0.0235. The van der Waals surface area contributed by atoms with E-state index in [0.29, 0.717) is 18.2 Å². The number of hydrogen-bond donors (Lipinski definition) is 2. The smallest absolute Gasteiger partial charge is 0.257 e. The van der Waals surface area contributed by atoms with Gasteiger partial charge in [0.05, 0.1) is 0 Å². The van der Waals surface area contributed by atoms with E-state index in [1.165, 1.54) is 12.8 Å². The van der Waals surface area contributed by atoms with Crippen LogP contribution in [0.3, 0.4) is 0 Å². The van der Waals surface area contributed by atoms with Crippen LogP contribution >= 0.6 is 0 Å². The molecule has 4 nitrogen and oxygen atoms in total. The van der Waals surface area contributed by atoms with Gasteiger partial charge in [-0.15, -0.1) is 0 Å². The van der Waals surface area contributed by atoms with E-state index >= 15 is 0 Å². The first kappa shape index (κ1) is 13.9. The molecule has 1 unspecified atom stereocenters. The molecule has 1 atom stereocenters. The predicted octanol–water partition coefficient (Wildman–Crippen LogP) is 2.07. The van der Waals surface area contributed by atoms with Gasteiger partial charge < -0.3 is 15.8 Å². The fraction of sp³-hybridized carbons (Fsp3) is 0.353. The van der Waals surface area contributed by atoms with Crippen molar-refractivity contribution in [2.45, 2.75) is 18.9 Å². The number of nitrogens with one attached hydrogen (secondary N) is 1. The van der Waals surface area contributed by atoms with Crippen LogP contribution in [0.25, 0.3) is 10.8 Å². The summed E-state index contributed by atoms with van der Waals surface area (Å²) in [6, 6.07) is 13.9. The molecule has 21 heavy (non-hydrogen) atoms. The van der Waals surface area contributed by atoms with Crippen LogP contribution in [0.2, 0.25) is 0 Å². The van der Waals surface area contributed by atoms with Crippen LogP contribution in [0.1, 0.15) is 12.8 Å². The predicted molar refractivity (Wildman–Crippen MR) is 83.2 cm³/mol. The summed E-state index contributed by atoms with van der Waals surface area (Å²) < 4.78 is 5.53. The van der Waals surface area contributed by atoms with Crippen molar-refractivity contribution in [3.05, 3.63) is 42.5 Å². The van der Waals surface area contributed by atoms with E-state index in [-0.39, 0.29) is 18.6 Å². The van der Waals surface area contributed by atoms with E-state index < -0.39 is 0 Å². The average Bonchev–Trinajstić information content (AvgIpc) is 3.35. The van der Waals surface area contributed by atoms with Gasteiger partial charge >= 0.3 is 0 Å². The van der Waals surface area contributed by atoms with Gasteiger partial charge in [0.25, 0.3) is 5.91 Å². The van der Waals surface area contributed by atoms with Gasteiger partial charge in [-0.05, 0) is 41.7 Å². The van der Waals surface area contributed by atoms with Crippen LogP contribution in [0.5, 0.6) is 5.75 Å². The summed E-state index contributed by atoms with van der Waals surface area (Å²) in [6.45, 7) is 0.556. The molecular weight excluding hydrogens is 264 g/mol. The maximum atomic E-state index is 11.7. The number of hydrogen-bond acceptors (Lipinski definition) is 3. The number of fused-ring (bicyclic) bond motifs is 1. The lowest BCUT2D eigenvalue weighted by molar-refractivity contribution is -0.123. The van der Waals surface area contributed by atoms with E-state index in [9.17, 15) is 4.79 Å². The first-order valence-corrected chi connectivity index (χ1v) is 7.36. The zero-order chi connectivity index (χ0) is 14.7. The number of amides is 1. The Morgan fingerprint density at radius 2 is 2.00 bits per heavy atom. The van der Waals surface area contributed by atoms with Crippen LogP contribution < -0.4 is 15.8 Å². The molecule has 0 saturated heterocycles. The van der Waals surface area contributed by atoms with E-state index in [0.717, 1.165) is 10.8 Å². The summed E-state index contributed by atoms with van der Waals surface area (Å²) >= 11 is 0. The number of benzene rings is 2. The first-order chi connectivity index (χ1) is 10.2. The third-order valence-corrected chi connectivity index (χ3v) is 3.85. The molecule has 3 rings (SSSR count). The zero-order valence-electron chi connectivity index (χ0n) is 11.9. The fourth-order valence-electron chi connectivity index (χ4n) is 2.38. The maximum Gasteiger partial charge on any atom is 0.257 e. The molecule has 4 heteroatoms. The summed E-state index contributed by atoms with van der Waals surface area (Å²) in [5.41, 5.74) is 5.94. The van der Waals surface area contributed by atoms with Gasteiger partial charge in [0.2, 0.25) is 0 Å². The lowest BCUT2D eigenvalue weighted by Gasteiger charge is -2.12. The maximum absolute atomic E-state index is 11.7. The highest BCUT2D eigenvalue weighted by Crippen LogP contribution is 2.31.